The molecule has 2 aromatic rings. The topological polar surface area (TPSA) is 30.5 Å². The maximum absolute atomic E-state index is 6.11. The number of methoxy groups -OCH3 is 2. The van der Waals surface area contributed by atoms with Crippen LogP contribution in [0.4, 0.5) is 5.69 Å². The molecule has 21 heavy (non-hydrogen) atoms. The molecular weight excluding hydrogens is 286 g/mol. The standard InChI is InChI=1S/C17H16ClNO2/c1-20-16-12-17(21-2)15(11-14(16)18)19-10-6-9-13-7-4-3-5-8-13/h3-5,7-8,11-12,19H,10H2,1-2H3. The molecule has 0 aliphatic carbocycles. The third-order valence-electron chi connectivity index (χ3n) is 2.85. The molecule has 4 heteroatoms. The van der Waals surface area contributed by atoms with E-state index in [0.717, 1.165) is 11.3 Å². The Kier molecular flexibility index (Phi) is 5.36. The molecular formula is C17H16ClNO2. The van der Waals surface area contributed by atoms with Crippen molar-refractivity contribution in [1.29, 1.82) is 0 Å². The summed E-state index contributed by atoms with van der Waals surface area (Å²) in [5.74, 6) is 7.38. The lowest BCUT2D eigenvalue weighted by molar-refractivity contribution is 0.395. The van der Waals surface area contributed by atoms with Gasteiger partial charge in [-0.15, -0.1) is 0 Å². The molecule has 0 bridgehead atoms. The molecule has 0 heterocycles. The van der Waals surface area contributed by atoms with Gasteiger partial charge in [-0.05, 0) is 18.2 Å². The van der Waals surface area contributed by atoms with Gasteiger partial charge >= 0.3 is 0 Å². The van der Waals surface area contributed by atoms with E-state index in [1.807, 2.05) is 30.3 Å². The molecule has 0 spiro atoms. The van der Waals surface area contributed by atoms with Gasteiger partial charge in [0.05, 0.1) is 31.5 Å². The van der Waals surface area contributed by atoms with Crippen molar-refractivity contribution in [2.75, 3.05) is 26.1 Å². The first-order chi connectivity index (χ1) is 10.2. The highest BCUT2D eigenvalue weighted by molar-refractivity contribution is 6.32. The van der Waals surface area contributed by atoms with Gasteiger partial charge in [0.25, 0.3) is 0 Å². The largest absolute Gasteiger partial charge is 0.495 e. The molecule has 1 N–H and O–H groups in total. The molecule has 0 amide bonds. The van der Waals surface area contributed by atoms with Crippen LogP contribution < -0.4 is 14.8 Å². The molecule has 0 saturated carbocycles. The van der Waals surface area contributed by atoms with Crippen LogP contribution in [-0.2, 0) is 0 Å². The fourth-order valence-corrected chi connectivity index (χ4v) is 2.05. The van der Waals surface area contributed by atoms with Crippen LogP contribution in [0.2, 0.25) is 5.02 Å². The highest BCUT2D eigenvalue weighted by Crippen LogP contribution is 2.35. The molecule has 0 unspecified atom stereocenters. The van der Waals surface area contributed by atoms with E-state index in [4.69, 9.17) is 21.1 Å². The maximum atomic E-state index is 6.11. The van der Waals surface area contributed by atoms with Crippen molar-refractivity contribution in [3.63, 3.8) is 0 Å². The number of benzene rings is 2. The highest BCUT2D eigenvalue weighted by atomic mass is 35.5. The number of rotatable bonds is 4. The fraction of sp³-hybridized carbons (Fsp3) is 0.176. The smallest absolute Gasteiger partial charge is 0.145 e. The minimum atomic E-state index is 0.494. The van der Waals surface area contributed by atoms with Gasteiger partial charge in [0.15, 0.2) is 0 Å². The Morgan fingerprint density at radius 1 is 1.05 bits per heavy atom. The average molecular weight is 302 g/mol. The third kappa shape index (κ3) is 4.08. The molecule has 0 aliphatic rings. The Bertz CT molecular complexity index is 660. The number of hydrogen-bond donors (Lipinski definition) is 1. The summed E-state index contributed by atoms with van der Waals surface area (Å²) in [6.07, 6.45) is 0. The van der Waals surface area contributed by atoms with Gasteiger partial charge in [-0.2, -0.15) is 0 Å². The van der Waals surface area contributed by atoms with E-state index in [0.29, 0.717) is 23.1 Å². The lowest BCUT2D eigenvalue weighted by Crippen LogP contribution is -2.01. The van der Waals surface area contributed by atoms with Gasteiger partial charge in [0.2, 0.25) is 0 Å². The van der Waals surface area contributed by atoms with Gasteiger partial charge in [-0.1, -0.05) is 41.6 Å². The van der Waals surface area contributed by atoms with Crippen LogP contribution >= 0.6 is 11.6 Å². The highest BCUT2D eigenvalue weighted by Gasteiger charge is 2.08. The molecule has 2 rings (SSSR count). The summed E-state index contributed by atoms with van der Waals surface area (Å²) in [6.45, 7) is 0.494. The minimum Gasteiger partial charge on any atom is -0.495 e. The molecule has 0 aromatic heterocycles. The number of hydrogen-bond acceptors (Lipinski definition) is 3. The summed E-state index contributed by atoms with van der Waals surface area (Å²) in [7, 11) is 3.17. The minimum absolute atomic E-state index is 0.494. The lowest BCUT2D eigenvalue weighted by atomic mass is 10.2. The zero-order valence-corrected chi connectivity index (χ0v) is 12.7. The summed E-state index contributed by atoms with van der Waals surface area (Å²) in [6, 6.07) is 13.3. The van der Waals surface area contributed by atoms with E-state index < -0.39 is 0 Å². The molecule has 0 fully saturated rings. The molecule has 0 atom stereocenters. The van der Waals surface area contributed by atoms with E-state index in [-0.39, 0.29) is 0 Å². The van der Waals surface area contributed by atoms with Gasteiger partial charge in [-0.3, -0.25) is 0 Å². The van der Waals surface area contributed by atoms with E-state index in [1.54, 1.807) is 26.4 Å². The van der Waals surface area contributed by atoms with Crippen LogP contribution in [0.1, 0.15) is 5.56 Å². The second-order valence-electron chi connectivity index (χ2n) is 4.21. The first-order valence-corrected chi connectivity index (χ1v) is 6.81. The van der Waals surface area contributed by atoms with Crippen molar-refractivity contribution in [2.45, 2.75) is 0 Å². The van der Waals surface area contributed by atoms with Crippen molar-refractivity contribution in [3.05, 3.63) is 53.1 Å². The van der Waals surface area contributed by atoms with Crippen LogP contribution in [0.25, 0.3) is 0 Å². The summed E-state index contributed by atoms with van der Waals surface area (Å²) >= 11 is 6.11. The maximum Gasteiger partial charge on any atom is 0.145 e. The van der Waals surface area contributed by atoms with Crippen molar-refractivity contribution in [1.82, 2.24) is 0 Å². The van der Waals surface area contributed by atoms with Crippen molar-refractivity contribution < 1.29 is 9.47 Å². The van der Waals surface area contributed by atoms with E-state index in [9.17, 15) is 0 Å². The van der Waals surface area contributed by atoms with Crippen LogP contribution in [0, 0.1) is 11.8 Å². The lowest BCUT2D eigenvalue weighted by Gasteiger charge is -2.12. The molecule has 3 nitrogen and oxygen atoms in total. The summed E-state index contributed by atoms with van der Waals surface area (Å²) in [5, 5.41) is 3.71. The summed E-state index contributed by atoms with van der Waals surface area (Å²) in [4.78, 5) is 0. The number of ether oxygens (including phenoxy) is 2. The Labute approximate surface area is 129 Å². The number of halogens is 1. The first-order valence-electron chi connectivity index (χ1n) is 6.44. The van der Waals surface area contributed by atoms with E-state index in [2.05, 4.69) is 17.2 Å². The van der Waals surface area contributed by atoms with Crippen LogP contribution in [-0.4, -0.2) is 20.8 Å². The Morgan fingerprint density at radius 2 is 1.76 bits per heavy atom. The van der Waals surface area contributed by atoms with Gasteiger partial charge in [0.1, 0.15) is 11.5 Å². The number of nitrogens with one attached hydrogen (secondary N) is 1. The normalized spacial score (nSPS) is 9.48. The molecule has 2 aromatic carbocycles. The predicted octanol–water partition coefficient (Wildman–Crippen LogP) is 3.82. The monoisotopic (exact) mass is 301 g/mol. The zero-order chi connectivity index (χ0) is 15.1. The fourth-order valence-electron chi connectivity index (χ4n) is 1.81. The van der Waals surface area contributed by atoms with Crippen LogP contribution in [0.15, 0.2) is 42.5 Å². The van der Waals surface area contributed by atoms with Gasteiger partial charge in [0, 0.05) is 11.6 Å². The molecule has 108 valence electrons. The van der Waals surface area contributed by atoms with Crippen LogP contribution in [0.5, 0.6) is 11.5 Å². The van der Waals surface area contributed by atoms with Crippen molar-refractivity contribution >= 4 is 17.3 Å². The first kappa shape index (κ1) is 15.1. The van der Waals surface area contributed by atoms with Gasteiger partial charge < -0.3 is 14.8 Å². The summed E-state index contributed by atoms with van der Waals surface area (Å²) in [5.41, 5.74) is 1.77. The number of anilines is 1. The molecule has 0 radical (unpaired) electrons. The third-order valence-corrected chi connectivity index (χ3v) is 3.14. The second-order valence-corrected chi connectivity index (χ2v) is 4.62. The average Bonchev–Trinajstić information content (AvgIpc) is 2.52. The molecule has 0 aliphatic heterocycles. The van der Waals surface area contributed by atoms with Gasteiger partial charge in [-0.25, -0.2) is 0 Å². The van der Waals surface area contributed by atoms with Crippen LogP contribution in [0.3, 0.4) is 0 Å². The van der Waals surface area contributed by atoms with E-state index in [1.165, 1.54) is 0 Å². The van der Waals surface area contributed by atoms with E-state index >= 15 is 0 Å². The Hall–Kier alpha value is -2.31. The van der Waals surface area contributed by atoms with Crippen molar-refractivity contribution in [2.24, 2.45) is 0 Å². The quantitative estimate of drug-likeness (QED) is 0.871. The van der Waals surface area contributed by atoms with Crippen molar-refractivity contribution in [3.8, 4) is 23.3 Å². The predicted molar refractivity (Wildman–Crippen MR) is 86.4 cm³/mol. The summed E-state index contributed by atoms with van der Waals surface area (Å²) < 4.78 is 10.5. The Morgan fingerprint density at radius 3 is 2.43 bits per heavy atom. The zero-order valence-electron chi connectivity index (χ0n) is 11.9. The Balaban J connectivity index is 2.07. The molecule has 0 saturated heterocycles. The second kappa shape index (κ2) is 7.47. The SMILES string of the molecule is COc1cc(OC)c(NCC#Cc2ccccc2)cc1Cl.